The van der Waals surface area contributed by atoms with E-state index in [4.69, 9.17) is 4.42 Å². The second-order valence-corrected chi connectivity index (χ2v) is 3.56. The van der Waals surface area contributed by atoms with Crippen molar-refractivity contribution < 1.29 is 13.6 Å². The molecule has 0 aliphatic rings. The van der Waals surface area contributed by atoms with Crippen molar-refractivity contribution in [2.75, 3.05) is 6.54 Å². The van der Waals surface area contributed by atoms with E-state index in [9.17, 15) is 9.18 Å². The minimum Gasteiger partial charge on any atom is -0.451 e. The summed E-state index contributed by atoms with van der Waals surface area (Å²) in [5.41, 5.74) is 1.20. The Morgan fingerprint density at radius 3 is 2.94 bits per heavy atom. The fourth-order valence-corrected chi connectivity index (χ4v) is 1.65. The molecule has 1 aromatic carbocycles. The predicted molar refractivity (Wildman–Crippen MR) is 58.9 cm³/mol. The van der Waals surface area contributed by atoms with Gasteiger partial charge in [0, 0.05) is 17.5 Å². The van der Waals surface area contributed by atoms with Crippen molar-refractivity contribution in [3.63, 3.8) is 0 Å². The van der Waals surface area contributed by atoms with Gasteiger partial charge in [-0.3, -0.25) is 4.79 Å². The van der Waals surface area contributed by atoms with Gasteiger partial charge in [0.2, 0.25) is 0 Å². The number of rotatable bonds is 2. The summed E-state index contributed by atoms with van der Waals surface area (Å²) in [5.74, 6) is -0.349. The van der Waals surface area contributed by atoms with E-state index in [0.717, 1.165) is 0 Å². The maximum atomic E-state index is 13.0. The number of nitrogens with one attached hydrogen (secondary N) is 1. The number of hydrogen-bond donors (Lipinski definition) is 1. The Labute approximate surface area is 92.2 Å². The first-order chi connectivity index (χ1) is 7.63. The summed E-state index contributed by atoms with van der Waals surface area (Å²) >= 11 is 0. The highest BCUT2D eigenvalue weighted by Gasteiger charge is 2.16. The van der Waals surface area contributed by atoms with Crippen LogP contribution in [0, 0.1) is 12.7 Å². The fraction of sp³-hybridized carbons (Fsp3) is 0.250. The summed E-state index contributed by atoms with van der Waals surface area (Å²) in [5, 5.41) is 3.29. The molecule has 2 aromatic rings. The van der Waals surface area contributed by atoms with E-state index in [0.29, 0.717) is 23.1 Å². The normalized spacial score (nSPS) is 10.7. The smallest absolute Gasteiger partial charge is 0.287 e. The molecule has 0 spiro atoms. The van der Waals surface area contributed by atoms with E-state index in [2.05, 4.69) is 5.32 Å². The van der Waals surface area contributed by atoms with Crippen LogP contribution < -0.4 is 5.32 Å². The number of carbonyl (C=O) groups excluding carboxylic acids is 1. The predicted octanol–water partition coefficient (Wildman–Crippen LogP) is 2.63. The third-order valence-electron chi connectivity index (χ3n) is 2.44. The van der Waals surface area contributed by atoms with Gasteiger partial charge in [-0.1, -0.05) is 0 Å². The zero-order valence-electron chi connectivity index (χ0n) is 9.13. The maximum absolute atomic E-state index is 13.0. The summed E-state index contributed by atoms with van der Waals surface area (Å²) < 4.78 is 18.4. The lowest BCUT2D eigenvalue weighted by molar-refractivity contribution is 0.0929. The molecule has 16 heavy (non-hydrogen) atoms. The van der Waals surface area contributed by atoms with E-state index in [1.54, 1.807) is 6.92 Å². The molecule has 3 nitrogen and oxygen atoms in total. The van der Waals surface area contributed by atoms with Gasteiger partial charge >= 0.3 is 0 Å². The van der Waals surface area contributed by atoms with E-state index in [1.165, 1.54) is 18.2 Å². The summed E-state index contributed by atoms with van der Waals surface area (Å²) in [7, 11) is 0. The number of furan rings is 1. The standard InChI is InChI=1S/C12H12FNO2/c1-3-14-12(15)11-7(2)9-6-8(13)4-5-10(9)16-11/h4-6H,3H2,1-2H3,(H,14,15). The zero-order valence-corrected chi connectivity index (χ0v) is 9.13. The van der Waals surface area contributed by atoms with Gasteiger partial charge in [-0.15, -0.1) is 0 Å². The summed E-state index contributed by atoms with van der Waals surface area (Å²) in [6.45, 7) is 4.11. The van der Waals surface area contributed by atoms with Crippen molar-refractivity contribution in [3.8, 4) is 0 Å². The van der Waals surface area contributed by atoms with Gasteiger partial charge in [0.25, 0.3) is 5.91 Å². The molecule has 84 valence electrons. The molecule has 0 saturated carbocycles. The van der Waals surface area contributed by atoms with Gasteiger partial charge in [-0.2, -0.15) is 0 Å². The molecule has 1 amide bonds. The number of aryl methyl sites for hydroxylation is 1. The SMILES string of the molecule is CCNC(=O)c1oc2ccc(F)cc2c1C. The van der Waals surface area contributed by atoms with Crippen molar-refractivity contribution >= 4 is 16.9 Å². The topological polar surface area (TPSA) is 42.2 Å². The number of fused-ring (bicyclic) bond motifs is 1. The van der Waals surface area contributed by atoms with Gasteiger partial charge in [0.15, 0.2) is 5.76 Å². The van der Waals surface area contributed by atoms with Crippen LogP contribution in [0.3, 0.4) is 0 Å². The summed E-state index contributed by atoms with van der Waals surface area (Å²) in [4.78, 5) is 11.6. The highest BCUT2D eigenvalue weighted by Crippen LogP contribution is 2.25. The van der Waals surface area contributed by atoms with Crippen LogP contribution in [0.25, 0.3) is 11.0 Å². The van der Waals surface area contributed by atoms with Crippen LogP contribution in [-0.2, 0) is 0 Å². The maximum Gasteiger partial charge on any atom is 0.287 e. The van der Waals surface area contributed by atoms with Gasteiger partial charge < -0.3 is 9.73 Å². The number of carbonyl (C=O) groups is 1. The van der Waals surface area contributed by atoms with Crippen molar-refractivity contribution in [2.45, 2.75) is 13.8 Å². The van der Waals surface area contributed by atoms with Crippen molar-refractivity contribution in [1.82, 2.24) is 5.32 Å². The molecule has 0 unspecified atom stereocenters. The molecule has 1 aromatic heterocycles. The van der Waals surface area contributed by atoms with Crippen LogP contribution in [0.4, 0.5) is 4.39 Å². The lowest BCUT2D eigenvalue weighted by Gasteiger charge is -1.98. The number of benzene rings is 1. The van der Waals surface area contributed by atoms with E-state index in [1.807, 2.05) is 6.92 Å². The second-order valence-electron chi connectivity index (χ2n) is 3.56. The molecule has 0 aliphatic heterocycles. The third kappa shape index (κ3) is 1.66. The van der Waals surface area contributed by atoms with Gasteiger partial charge in [-0.05, 0) is 32.0 Å². The van der Waals surface area contributed by atoms with Crippen LogP contribution in [-0.4, -0.2) is 12.5 Å². The van der Waals surface area contributed by atoms with Gasteiger partial charge in [-0.25, -0.2) is 4.39 Å². The Morgan fingerprint density at radius 2 is 2.25 bits per heavy atom. The third-order valence-corrected chi connectivity index (χ3v) is 2.44. The Kier molecular flexibility index (Phi) is 2.64. The highest BCUT2D eigenvalue weighted by molar-refractivity contribution is 5.98. The minimum atomic E-state index is -0.334. The number of halogens is 1. The molecule has 0 fully saturated rings. The van der Waals surface area contributed by atoms with Crippen molar-refractivity contribution in [2.24, 2.45) is 0 Å². The van der Waals surface area contributed by atoms with Gasteiger partial charge in [0.05, 0.1) is 0 Å². The first-order valence-electron chi connectivity index (χ1n) is 5.10. The van der Waals surface area contributed by atoms with Crippen LogP contribution in [0.1, 0.15) is 23.0 Å². The largest absolute Gasteiger partial charge is 0.451 e. The van der Waals surface area contributed by atoms with Gasteiger partial charge in [0.1, 0.15) is 11.4 Å². The van der Waals surface area contributed by atoms with Crippen molar-refractivity contribution in [3.05, 3.63) is 35.3 Å². The molecular formula is C12H12FNO2. The van der Waals surface area contributed by atoms with Crippen LogP contribution in [0.5, 0.6) is 0 Å². The van der Waals surface area contributed by atoms with Crippen LogP contribution >= 0.6 is 0 Å². The molecule has 4 heteroatoms. The van der Waals surface area contributed by atoms with E-state index >= 15 is 0 Å². The summed E-state index contributed by atoms with van der Waals surface area (Å²) in [6, 6.07) is 4.21. The molecule has 0 aliphatic carbocycles. The Morgan fingerprint density at radius 1 is 1.50 bits per heavy atom. The molecule has 1 N–H and O–H groups in total. The molecule has 0 saturated heterocycles. The van der Waals surface area contributed by atoms with E-state index < -0.39 is 0 Å². The second kappa shape index (κ2) is 3.96. The Hall–Kier alpha value is -1.84. The van der Waals surface area contributed by atoms with Crippen LogP contribution in [0.15, 0.2) is 22.6 Å². The minimum absolute atomic E-state index is 0.252. The highest BCUT2D eigenvalue weighted by atomic mass is 19.1. The lowest BCUT2D eigenvalue weighted by Crippen LogP contribution is -2.22. The number of hydrogen-bond acceptors (Lipinski definition) is 2. The molecule has 0 bridgehead atoms. The van der Waals surface area contributed by atoms with E-state index in [-0.39, 0.29) is 17.5 Å². The average molecular weight is 221 g/mol. The molecule has 0 atom stereocenters. The fourth-order valence-electron chi connectivity index (χ4n) is 1.65. The molecule has 0 radical (unpaired) electrons. The monoisotopic (exact) mass is 221 g/mol. The molecular weight excluding hydrogens is 209 g/mol. The Balaban J connectivity index is 2.56. The first-order valence-corrected chi connectivity index (χ1v) is 5.10. The van der Waals surface area contributed by atoms with Crippen LogP contribution in [0.2, 0.25) is 0 Å². The first kappa shape index (κ1) is 10.7. The quantitative estimate of drug-likeness (QED) is 0.847. The number of amides is 1. The zero-order chi connectivity index (χ0) is 11.7. The molecule has 1 heterocycles. The average Bonchev–Trinajstić information content (AvgIpc) is 2.57. The lowest BCUT2D eigenvalue weighted by atomic mass is 10.1. The molecule has 2 rings (SSSR count). The van der Waals surface area contributed by atoms with Crippen molar-refractivity contribution in [1.29, 1.82) is 0 Å². The summed E-state index contributed by atoms with van der Waals surface area (Å²) in [6.07, 6.45) is 0. The Bertz CT molecular complexity index is 545.